The molecule has 0 fully saturated rings. The molecule has 0 unspecified atom stereocenters. The summed E-state index contributed by atoms with van der Waals surface area (Å²) in [6.07, 6.45) is 5.99. The number of fused-ring (bicyclic) bond motifs is 1. The van der Waals surface area contributed by atoms with Gasteiger partial charge >= 0.3 is 0 Å². The maximum absolute atomic E-state index is 13.1. The van der Waals surface area contributed by atoms with Crippen LogP contribution in [-0.2, 0) is 13.0 Å². The lowest BCUT2D eigenvalue weighted by Crippen LogP contribution is -2.21. The Labute approximate surface area is 149 Å². The van der Waals surface area contributed by atoms with Crippen molar-refractivity contribution in [1.29, 1.82) is 0 Å². The predicted octanol–water partition coefficient (Wildman–Crippen LogP) is 4.07. The highest BCUT2D eigenvalue weighted by atomic mass is 32.1. The summed E-state index contributed by atoms with van der Waals surface area (Å²) in [5.41, 5.74) is 3.27. The van der Waals surface area contributed by atoms with Gasteiger partial charge in [0.05, 0.1) is 11.7 Å². The van der Waals surface area contributed by atoms with E-state index in [1.165, 1.54) is 0 Å². The topological polar surface area (TPSA) is 47.8 Å². The minimum absolute atomic E-state index is 0.0299. The number of aromatic nitrogens is 3. The maximum Gasteiger partial charge on any atom is 0.262 e. The summed E-state index contributed by atoms with van der Waals surface area (Å²) in [6, 6.07) is 14.0. The third kappa shape index (κ3) is 2.98. The van der Waals surface area contributed by atoms with E-state index in [-0.39, 0.29) is 5.56 Å². The van der Waals surface area contributed by atoms with Crippen LogP contribution in [0.1, 0.15) is 10.4 Å². The molecule has 4 rings (SSSR count). The number of thiophene rings is 1. The summed E-state index contributed by atoms with van der Waals surface area (Å²) in [5, 5.41) is 0.728. The third-order valence-electron chi connectivity index (χ3n) is 4.31. The van der Waals surface area contributed by atoms with Gasteiger partial charge in [0.15, 0.2) is 0 Å². The van der Waals surface area contributed by atoms with E-state index >= 15 is 0 Å². The molecule has 3 aromatic heterocycles. The summed E-state index contributed by atoms with van der Waals surface area (Å²) < 4.78 is 1.71. The van der Waals surface area contributed by atoms with Crippen LogP contribution < -0.4 is 5.56 Å². The Morgan fingerprint density at radius 2 is 1.84 bits per heavy atom. The van der Waals surface area contributed by atoms with Crippen LogP contribution in [0.5, 0.6) is 0 Å². The fraction of sp³-hybridized carbons (Fsp3) is 0.150. The number of hydrogen-bond donors (Lipinski definition) is 0. The second kappa shape index (κ2) is 6.61. The maximum atomic E-state index is 13.1. The first-order valence-corrected chi connectivity index (χ1v) is 8.98. The Morgan fingerprint density at radius 1 is 1.08 bits per heavy atom. The van der Waals surface area contributed by atoms with Crippen molar-refractivity contribution in [2.75, 3.05) is 0 Å². The molecule has 0 saturated heterocycles. The summed E-state index contributed by atoms with van der Waals surface area (Å²) >= 11 is 1.58. The number of hydrogen-bond acceptors (Lipinski definition) is 4. The molecule has 4 aromatic rings. The summed E-state index contributed by atoms with van der Waals surface area (Å²) in [7, 11) is 0. The van der Waals surface area contributed by atoms with Crippen LogP contribution >= 0.6 is 11.3 Å². The molecular formula is C20H17N3OS. The predicted molar refractivity (Wildman–Crippen MR) is 102 cm³/mol. The lowest BCUT2D eigenvalue weighted by atomic mass is 10.0. The number of nitrogens with zero attached hydrogens (tertiary/aromatic N) is 3. The first-order chi connectivity index (χ1) is 12.2. The van der Waals surface area contributed by atoms with Gasteiger partial charge in [0, 0.05) is 29.4 Å². The zero-order valence-electron chi connectivity index (χ0n) is 13.8. The highest BCUT2D eigenvalue weighted by Gasteiger charge is 2.16. The Hall–Kier alpha value is -2.79. The molecule has 0 spiro atoms. The third-order valence-corrected chi connectivity index (χ3v) is 5.32. The van der Waals surface area contributed by atoms with Gasteiger partial charge in [0.1, 0.15) is 4.83 Å². The van der Waals surface area contributed by atoms with Crippen molar-refractivity contribution in [2.45, 2.75) is 19.9 Å². The number of aryl methyl sites for hydroxylation is 3. The molecule has 1 aromatic carbocycles. The molecule has 0 saturated carbocycles. The van der Waals surface area contributed by atoms with E-state index in [2.05, 4.69) is 16.9 Å². The van der Waals surface area contributed by atoms with Crippen molar-refractivity contribution in [1.82, 2.24) is 14.5 Å². The quantitative estimate of drug-likeness (QED) is 0.559. The monoisotopic (exact) mass is 347 g/mol. The zero-order chi connectivity index (χ0) is 17.2. The van der Waals surface area contributed by atoms with E-state index in [1.807, 2.05) is 42.5 Å². The van der Waals surface area contributed by atoms with Crippen LogP contribution in [0.3, 0.4) is 0 Å². The Bertz CT molecular complexity index is 1070. The summed E-state index contributed by atoms with van der Waals surface area (Å²) in [5.74, 6) is 0. The van der Waals surface area contributed by atoms with Gasteiger partial charge in [0.2, 0.25) is 0 Å². The first kappa shape index (κ1) is 15.7. The molecule has 25 heavy (non-hydrogen) atoms. The molecule has 0 N–H and O–H groups in total. The normalized spacial score (nSPS) is 11.1. The molecule has 4 nitrogen and oxygen atoms in total. The van der Waals surface area contributed by atoms with Crippen LogP contribution in [0.4, 0.5) is 0 Å². The molecule has 0 aliphatic carbocycles. The minimum Gasteiger partial charge on any atom is -0.298 e. The summed E-state index contributed by atoms with van der Waals surface area (Å²) in [4.78, 5) is 23.6. The van der Waals surface area contributed by atoms with Crippen LogP contribution in [0.25, 0.3) is 21.3 Å². The smallest absolute Gasteiger partial charge is 0.262 e. The van der Waals surface area contributed by atoms with Gasteiger partial charge in [-0.3, -0.25) is 14.3 Å². The van der Waals surface area contributed by atoms with Crippen molar-refractivity contribution in [2.24, 2.45) is 0 Å². The van der Waals surface area contributed by atoms with Crippen molar-refractivity contribution in [3.05, 3.63) is 82.0 Å². The molecule has 0 radical (unpaired) electrons. The fourth-order valence-corrected chi connectivity index (χ4v) is 4.05. The van der Waals surface area contributed by atoms with Crippen molar-refractivity contribution in [3.63, 3.8) is 0 Å². The second-order valence-electron chi connectivity index (χ2n) is 5.93. The molecular weight excluding hydrogens is 330 g/mol. The lowest BCUT2D eigenvalue weighted by Gasteiger charge is -2.07. The average molecular weight is 347 g/mol. The van der Waals surface area contributed by atoms with Crippen LogP contribution in [0.15, 0.2) is 66.0 Å². The zero-order valence-corrected chi connectivity index (χ0v) is 14.7. The molecule has 3 heterocycles. The van der Waals surface area contributed by atoms with Crippen LogP contribution in [-0.4, -0.2) is 14.5 Å². The lowest BCUT2D eigenvalue weighted by molar-refractivity contribution is 0.663. The van der Waals surface area contributed by atoms with E-state index < -0.39 is 0 Å². The first-order valence-electron chi connectivity index (χ1n) is 8.17. The van der Waals surface area contributed by atoms with E-state index in [0.717, 1.165) is 38.2 Å². The summed E-state index contributed by atoms with van der Waals surface area (Å²) in [6.45, 7) is 2.66. The SMILES string of the molecule is Cc1sc2ncn(CCc3ccncc3)c(=O)c2c1-c1ccccc1. The van der Waals surface area contributed by atoms with Gasteiger partial charge in [-0.2, -0.15) is 0 Å². The minimum atomic E-state index is 0.0299. The van der Waals surface area contributed by atoms with Gasteiger partial charge in [-0.15, -0.1) is 11.3 Å². The van der Waals surface area contributed by atoms with Crippen molar-refractivity contribution in [3.8, 4) is 11.1 Å². The Morgan fingerprint density at radius 3 is 2.60 bits per heavy atom. The molecule has 0 bridgehead atoms. The van der Waals surface area contributed by atoms with E-state index in [4.69, 9.17) is 0 Å². The molecule has 124 valence electrons. The van der Waals surface area contributed by atoms with Gasteiger partial charge < -0.3 is 0 Å². The number of rotatable bonds is 4. The van der Waals surface area contributed by atoms with Crippen molar-refractivity contribution < 1.29 is 0 Å². The number of benzene rings is 1. The van der Waals surface area contributed by atoms with Crippen molar-refractivity contribution >= 4 is 21.6 Å². The Balaban J connectivity index is 1.78. The van der Waals surface area contributed by atoms with E-state index in [0.29, 0.717) is 6.54 Å². The van der Waals surface area contributed by atoms with Gasteiger partial charge in [-0.1, -0.05) is 30.3 Å². The van der Waals surface area contributed by atoms with E-state index in [9.17, 15) is 4.79 Å². The highest BCUT2D eigenvalue weighted by molar-refractivity contribution is 7.19. The van der Waals surface area contributed by atoms with Crippen LogP contribution in [0.2, 0.25) is 0 Å². The Kier molecular flexibility index (Phi) is 4.15. The molecule has 0 aliphatic heterocycles. The van der Waals surface area contributed by atoms with Gasteiger partial charge in [-0.05, 0) is 36.6 Å². The largest absolute Gasteiger partial charge is 0.298 e. The standard InChI is InChI=1S/C20H17N3OS/c1-14-17(16-5-3-2-4-6-16)18-19(25-14)22-13-23(20(18)24)12-9-15-7-10-21-11-8-15/h2-8,10-11,13H,9,12H2,1H3. The molecule has 5 heteroatoms. The second-order valence-corrected chi connectivity index (χ2v) is 7.13. The number of pyridine rings is 1. The molecule has 0 aliphatic rings. The van der Waals surface area contributed by atoms with Gasteiger partial charge in [0.25, 0.3) is 5.56 Å². The van der Waals surface area contributed by atoms with Crippen LogP contribution in [0, 0.1) is 6.92 Å². The highest BCUT2D eigenvalue weighted by Crippen LogP contribution is 2.35. The molecule has 0 atom stereocenters. The molecule has 0 amide bonds. The fourth-order valence-electron chi connectivity index (χ4n) is 3.05. The van der Waals surface area contributed by atoms with Gasteiger partial charge in [-0.25, -0.2) is 4.98 Å². The average Bonchev–Trinajstić information content (AvgIpc) is 2.99. The van der Waals surface area contributed by atoms with E-state index in [1.54, 1.807) is 34.6 Å².